The molecule has 156 valence electrons. The number of benzene rings is 1. The lowest BCUT2D eigenvalue weighted by atomic mass is 9.89. The molecule has 2 saturated heterocycles. The van der Waals surface area contributed by atoms with E-state index in [0.717, 1.165) is 76.8 Å². The number of likely N-dealkylation sites (tertiary alicyclic amines) is 1. The third kappa shape index (κ3) is 5.39. The van der Waals surface area contributed by atoms with E-state index in [2.05, 4.69) is 36.1 Å². The van der Waals surface area contributed by atoms with Gasteiger partial charge in [0.15, 0.2) is 5.96 Å². The molecule has 6 heteroatoms. The number of rotatable bonds is 6. The van der Waals surface area contributed by atoms with Gasteiger partial charge in [0.1, 0.15) is 11.9 Å². The molecule has 2 fully saturated rings. The molecular weight excluding hydrogens is 352 g/mol. The van der Waals surface area contributed by atoms with Gasteiger partial charge in [-0.3, -0.25) is 4.99 Å². The van der Waals surface area contributed by atoms with Crippen LogP contribution in [0.15, 0.2) is 35.3 Å². The fraction of sp³-hybridized carbons (Fsp3) is 0.682. The monoisotopic (exact) mass is 388 g/mol. The highest BCUT2D eigenvalue weighted by atomic mass is 16.5. The zero-order valence-corrected chi connectivity index (χ0v) is 17.7. The van der Waals surface area contributed by atoms with Crippen molar-refractivity contribution in [2.45, 2.75) is 44.2 Å². The van der Waals surface area contributed by atoms with Crippen LogP contribution in [0, 0.1) is 0 Å². The Hall–Kier alpha value is -1.79. The lowest BCUT2D eigenvalue weighted by Gasteiger charge is -2.42. The molecule has 0 spiro atoms. The molecule has 0 saturated carbocycles. The second kappa shape index (κ2) is 10.1. The fourth-order valence-corrected chi connectivity index (χ4v) is 4.02. The van der Waals surface area contributed by atoms with Crippen molar-refractivity contribution < 1.29 is 9.47 Å². The van der Waals surface area contributed by atoms with Crippen molar-refractivity contribution in [2.24, 2.45) is 4.99 Å². The highest BCUT2D eigenvalue weighted by Crippen LogP contribution is 2.26. The minimum Gasteiger partial charge on any atom is -0.490 e. The standard InChI is InChI=1S/C22H36N4O2/c1-4-23-21(24-18-22(25(2)3)12-16-27-17-13-22)26-14-10-20(11-15-26)28-19-8-6-5-7-9-19/h5-9,20H,4,10-18H2,1-3H3,(H,23,24). The van der Waals surface area contributed by atoms with Crippen LogP contribution < -0.4 is 10.1 Å². The van der Waals surface area contributed by atoms with Gasteiger partial charge in [0, 0.05) is 51.2 Å². The molecule has 3 rings (SSSR count). The van der Waals surface area contributed by atoms with Crippen LogP contribution in [0.5, 0.6) is 5.75 Å². The van der Waals surface area contributed by atoms with E-state index in [0.29, 0.717) is 0 Å². The third-order valence-corrected chi connectivity index (χ3v) is 6.02. The van der Waals surface area contributed by atoms with E-state index >= 15 is 0 Å². The van der Waals surface area contributed by atoms with Crippen molar-refractivity contribution in [1.29, 1.82) is 0 Å². The molecule has 0 aromatic heterocycles. The van der Waals surface area contributed by atoms with Crippen LogP contribution in [0.2, 0.25) is 0 Å². The number of nitrogens with zero attached hydrogens (tertiary/aromatic N) is 3. The second-order valence-electron chi connectivity index (χ2n) is 8.02. The molecule has 2 heterocycles. The zero-order valence-electron chi connectivity index (χ0n) is 17.7. The fourth-order valence-electron chi connectivity index (χ4n) is 4.02. The van der Waals surface area contributed by atoms with E-state index in [4.69, 9.17) is 14.5 Å². The highest BCUT2D eigenvalue weighted by molar-refractivity contribution is 5.80. The Balaban J connectivity index is 1.58. The lowest BCUT2D eigenvalue weighted by molar-refractivity contribution is -0.00269. The lowest BCUT2D eigenvalue weighted by Crippen LogP contribution is -2.52. The van der Waals surface area contributed by atoms with Gasteiger partial charge in [-0.2, -0.15) is 0 Å². The summed E-state index contributed by atoms with van der Waals surface area (Å²) < 4.78 is 11.7. The van der Waals surface area contributed by atoms with Gasteiger partial charge in [0.05, 0.1) is 6.54 Å². The van der Waals surface area contributed by atoms with Gasteiger partial charge in [-0.25, -0.2) is 0 Å². The third-order valence-electron chi connectivity index (χ3n) is 6.02. The molecular formula is C22H36N4O2. The largest absolute Gasteiger partial charge is 0.490 e. The van der Waals surface area contributed by atoms with Crippen LogP contribution in [0.4, 0.5) is 0 Å². The SMILES string of the molecule is CCNC(=NCC1(N(C)C)CCOCC1)N1CCC(Oc2ccccc2)CC1. The van der Waals surface area contributed by atoms with Crippen molar-refractivity contribution in [2.75, 3.05) is 53.5 Å². The summed E-state index contributed by atoms with van der Waals surface area (Å²) in [5.74, 6) is 2.00. The van der Waals surface area contributed by atoms with Gasteiger partial charge in [0.2, 0.25) is 0 Å². The van der Waals surface area contributed by atoms with Gasteiger partial charge >= 0.3 is 0 Å². The van der Waals surface area contributed by atoms with Crippen LogP contribution in [0.1, 0.15) is 32.6 Å². The Morgan fingerprint density at radius 1 is 1.21 bits per heavy atom. The maximum Gasteiger partial charge on any atom is 0.193 e. The molecule has 1 aromatic carbocycles. The van der Waals surface area contributed by atoms with E-state index < -0.39 is 0 Å². The van der Waals surface area contributed by atoms with Crippen molar-refractivity contribution in [3.63, 3.8) is 0 Å². The van der Waals surface area contributed by atoms with Crippen LogP contribution in [-0.2, 0) is 4.74 Å². The summed E-state index contributed by atoms with van der Waals surface area (Å²) in [6.07, 6.45) is 4.40. The van der Waals surface area contributed by atoms with Crippen molar-refractivity contribution in [3.8, 4) is 5.75 Å². The minimum atomic E-state index is 0.105. The Morgan fingerprint density at radius 3 is 2.50 bits per heavy atom. The summed E-state index contributed by atoms with van der Waals surface area (Å²) >= 11 is 0. The summed E-state index contributed by atoms with van der Waals surface area (Å²) in [7, 11) is 4.33. The highest BCUT2D eigenvalue weighted by Gasteiger charge is 2.35. The first-order valence-electron chi connectivity index (χ1n) is 10.6. The molecule has 6 nitrogen and oxygen atoms in total. The predicted molar refractivity (Wildman–Crippen MR) is 114 cm³/mol. The number of likely N-dealkylation sites (N-methyl/N-ethyl adjacent to an activating group) is 1. The van der Waals surface area contributed by atoms with Crippen molar-refractivity contribution >= 4 is 5.96 Å². The average Bonchev–Trinajstić information content (AvgIpc) is 2.73. The number of para-hydroxylation sites is 1. The molecule has 2 aliphatic rings. The van der Waals surface area contributed by atoms with Gasteiger partial charge < -0.3 is 24.6 Å². The predicted octanol–water partition coefficient (Wildman–Crippen LogP) is 2.61. The van der Waals surface area contributed by atoms with Crippen LogP contribution in [0.25, 0.3) is 0 Å². The summed E-state index contributed by atoms with van der Waals surface area (Å²) in [5.41, 5.74) is 0.105. The first-order valence-corrected chi connectivity index (χ1v) is 10.6. The maximum atomic E-state index is 6.14. The summed E-state index contributed by atoms with van der Waals surface area (Å²) in [4.78, 5) is 9.78. The first kappa shape index (κ1) is 20.9. The Bertz CT molecular complexity index is 606. The summed E-state index contributed by atoms with van der Waals surface area (Å²) in [5, 5.41) is 3.50. The number of hydrogen-bond donors (Lipinski definition) is 1. The topological polar surface area (TPSA) is 49.3 Å². The first-order chi connectivity index (χ1) is 13.6. The van der Waals surface area contributed by atoms with Gasteiger partial charge in [-0.05, 0) is 46.0 Å². The molecule has 0 aliphatic carbocycles. The smallest absolute Gasteiger partial charge is 0.193 e. The minimum absolute atomic E-state index is 0.105. The molecule has 0 unspecified atom stereocenters. The normalized spacial score (nSPS) is 21.0. The molecule has 28 heavy (non-hydrogen) atoms. The van der Waals surface area contributed by atoms with Gasteiger partial charge in [-0.15, -0.1) is 0 Å². The molecule has 1 N–H and O–H groups in total. The molecule has 1 aromatic rings. The second-order valence-corrected chi connectivity index (χ2v) is 8.02. The van der Waals surface area contributed by atoms with Gasteiger partial charge in [-0.1, -0.05) is 18.2 Å². The molecule has 0 atom stereocenters. The summed E-state index contributed by atoms with van der Waals surface area (Å²) in [6.45, 7) is 7.43. The Kier molecular flexibility index (Phi) is 7.57. The molecule has 0 radical (unpaired) electrons. The van der Waals surface area contributed by atoms with Crippen molar-refractivity contribution in [1.82, 2.24) is 15.1 Å². The zero-order chi connectivity index (χ0) is 19.8. The quantitative estimate of drug-likeness (QED) is 0.600. The van der Waals surface area contributed by atoms with Gasteiger partial charge in [0.25, 0.3) is 0 Å². The van der Waals surface area contributed by atoms with E-state index in [1.165, 1.54) is 0 Å². The average molecular weight is 389 g/mol. The van der Waals surface area contributed by atoms with Crippen LogP contribution >= 0.6 is 0 Å². The van der Waals surface area contributed by atoms with Crippen molar-refractivity contribution in [3.05, 3.63) is 30.3 Å². The Morgan fingerprint density at radius 2 is 1.89 bits per heavy atom. The molecule has 2 aliphatic heterocycles. The maximum absolute atomic E-state index is 6.14. The van der Waals surface area contributed by atoms with Crippen LogP contribution in [0.3, 0.4) is 0 Å². The summed E-state index contributed by atoms with van der Waals surface area (Å²) in [6, 6.07) is 10.1. The number of aliphatic imine (C=N–C) groups is 1. The van der Waals surface area contributed by atoms with Crippen LogP contribution in [-0.4, -0.2) is 80.9 Å². The molecule has 0 bridgehead atoms. The van der Waals surface area contributed by atoms with E-state index in [9.17, 15) is 0 Å². The van der Waals surface area contributed by atoms with E-state index in [1.807, 2.05) is 30.3 Å². The number of guanidine groups is 1. The number of hydrogen-bond acceptors (Lipinski definition) is 4. The molecule has 0 amide bonds. The van der Waals surface area contributed by atoms with E-state index in [-0.39, 0.29) is 11.6 Å². The number of piperidine rings is 1. The number of ether oxygens (including phenoxy) is 2. The Labute approximate surface area is 169 Å². The number of nitrogens with one attached hydrogen (secondary N) is 1. The van der Waals surface area contributed by atoms with E-state index in [1.54, 1.807) is 0 Å².